The summed E-state index contributed by atoms with van der Waals surface area (Å²) < 4.78 is 10.6. The molecule has 1 aliphatic heterocycles. The third kappa shape index (κ3) is 7.86. The molecule has 0 unspecified atom stereocenters. The van der Waals surface area contributed by atoms with Gasteiger partial charge in [-0.1, -0.05) is 24.3 Å². The number of hydrogen-bond donors (Lipinski definition) is 2. The van der Waals surface area contributed by atoms with Crippen molar-refractivity contribution < 1.29 is 9.47 Å². The number of ether oxygens (including phenoxy) is 2. The van der Waals surface area contributed by atoms with Crippen LogP contribution >= 0.6 is 0 Å². The van der Waals surface area contributed by atoms with Gasteiger partial charge in [0.15, 0.2) is 5.96 Å². The molecule has 1 aromatic rings. The Kier molecular flexibility index (Phi) is 9.33. The van der Waals surface area contributed by atoms with Crippen molar-refractivity contribution in [3.05, 3.63) is 35.4 Å². The Morgan fingerprint density at radius 3 is 2.80 bits per heavy atom. The normalized spacial score (nSPS) is 16.0. The summed E-state index contributed by atoms with van der Waals surface area (Å²) in [5.74, 6) is 0.877. The summed E-state index contributed by atoms with van der Waals surface area (Å²) in [6, 6.07) is 8.38. The number of nitrogens with one attached hydrogen (secondary N) is 2. The molecule has 1 saturated heterocycles. The van der Waals surface area contributed by atoms with Crippen molar-refractivity contribution in [3.63, 3.8) is 0 Å². The monoisotopic (exact) mass is 348 g/mol. The van der Waals surface area contributed by atoms with Crippen molar-refractivity contribution in [2.75, 3.05) is 53.0 Å². The first-order chi connectivity index (χ1) is 12.3. The van der Waals surface area contributed by atoms with E-state index in [1.165, 1.54) is 11.1 Å². The second kappa shape index (κ2) is 11.8. The zero-order chi connectivity index (χ0) is 17.7. The molecule has 0 aromatic heterocycles. The van der Waals surface area contributed by atoms with Crippen LogP contribution in [0.1, 0.15) is 24.5 Å². The lowest BCUT2D eigenvalue weighted by molar-refractivity contribution is 0.0376. The number of rotatable bonds is 9. The molecule has 6 nitrogen and oxygen atoms in total. The zero-order valence-corrected chi connectivity index (χ0v) is 15.6. The Hall–Kier alpha value is -1.63. The molecule has 0 radical (unpaired) electrons. The van der Waals surface area contributed by atoms with Crippen LogP contribution in [0.5, 0.6) is 0 Å². The first-order valence-corrected chi connectivity index (χ1v) is 9.21. The van der Waals surface area contributed by atoms with E-state index in [1.807, 2.05) is 0 Å². The molecule has 2 N–H and O–H groups in total. The van der Waals surface area contributed by atoms with Gasteiger partial charge in [-0.05, 0) is 31.0 Å². The maximum Gasteiger partial charge on any atom is 0.191 e. The van der Waals surface area contributed by atoms with Crippen molar-refractivity contribution in [2.45, 2.75) is 26.5 Å². The van der Waals surface area contributed by atoms with Crippen LogP contribution in [-0.2, 0) is 22.6 Å². The minimum absolute atomic E-state index is 0.636. The summed E-state index contributed by atoms with van der Waals surface area (Å²) in [5, 5.41) is 6.74. The van der Waals surface area contributed by atoms with E-state index in [9.17, 15) is 0 Å². The third-order valence-corrected chi connectivity index (χ3v) is 4.11. The number of guanidine groups is 1. The van der Waals surface area contributed by atoms with Gasteiger partial charge in [0.25, 0.3) is 0 Å². The second-order valence-electron chi connectivity index (χ2n) is 6.18. The number of nitrogens with zero attached hydrogens (tertiary/aromatic N) is 2. The van der Waals surface area contributed by atoms with Crippen molar-refractivity contribution >= 4 is 5.96 Å². The van der Waals surface area contributed by atoms with E-state index in [0.29, 0.717) is 13.2 Å². The highest BCUT2D eigenvalue weighted by Crippen LogP contribution is 2.07. The molecular weight excluding hydrogens is 316 g/mol. The van der Waals surface area contributed by atoms with E-state index in [-0.39, 0.29) is 0 Å². The van der Waals surface area contributed by atoms with Gasteiger partial charge in [0, 0.05) is 33.3 Å². The topological polar surface area (TPSA) is 58.1 Å². The summed E-state index contributed by atoms with van der Waals surface area (Å²) in [4.78, 5) is 7.14. The van der Waals surface area contributed by atoms with Crippen molar-refractivity contribution in [1.82, 2.24) is 15.5 Å². The van der Waals surface area contributed by atoms with Crippen molar-refractivity contribution in [1.29, 1.82) is 0 Å². The molecule has 0 amide bonds. The van der Waals surface area contributed by atoms with Gasteiger partial charge in [0.05, 0.1) is 26.4 Å². The third-order valence-electron chi connectivity index (χ3n) is 4.11. The van der Waals surface area contributed by atoms with E-state index in [1.54, 1.807) is 7.11 Å². The van der Waals surface area contributed by atoms with Crippen molar-refractivity contribution in [3.8, 4) is 0 Å². The molecular formula is C19H32N4O2. The molecule has 1 aliphatic rings. The summed E-state index contributed by atoms with van der Waals surface area (Å²) in [6.45, 7) is 10.1. The van der Waals surface area contributed by atoms with Crippen LogP contribution in [0.15, 0.2) is 29.3 Å². The Balaban J connectivity index is 1.76. The molecule has 0 aliphatic carbocycles. The van der Waals surface area contributed by atoms with Gasteiger partial charge < -0.3 is 20.1 Å². The van der Waals surface area contributed by atoms with Gasteiger partial charge in [0.1, 0.15) is 0 Å². The lowest BCUT2D eigenvalue weighted by atomic mass is 10.1. The van der Waals surface area contributed by atoms with Gasteiger partial charge in [-0.15, -0.1) is 0 Å². The van der Waals surface area contributed by atoms with Crippen LogP contribution in [0.3, 0.4) is 0 Å². The second-order valence-corrected chi connectivity index (χ2v) is 6.18. The average molecular weight is 348 g/mol. The standard InChI is InChI=1S/C19H32N4O2/c1-3-20-19(21-8-5-9-23-10-12-25-13-11-23)22-15-17-6-4-7-18(14-17)16-24-2/h4,6-7,14H,3,5,8-13,15-16H2,1-2H3,(H2,20,21,22). The summed E-state index contributed by atoms with van der Waals surface area (Å²) in [6.07, 6.45) is 1.10. The molecule has 25 heavy (non-hydrogen) atoms. The molecule has 6 heteroatoms. The number of methoxy groups -OCH3 is 1. The molecule has 140 valence electrons. The molecule has 2 rings (SSSR count). The first-order valence-electron chi connectivity index (χ1n) is 9.21. The highest BCUT2D eigenvalue weighted by atomic mass is 16.5. The van der Waals surface area contributed by atoms with Gasteiger partial charge >= 0.3 is 0 Å². The minimum Gasteiger partial charge on any atom is -0.380 e. The quantitative estimate of drug-likeness (QED) is 0.403. The van der Waals surface area contributed by atoms with E-state index < -0.39 is 0 Å². The van der Waals surface area contributed by atoms with Crippen LogP contribution in [0.4, 0.5) is 0 Å². The van der Waals surface area contributed by atoms with Gasteiger partial charge in [-0.3, -0.25) is 4.90 Å². The number of aliphatic imine (C=N–C) groups is 1. The smallest absolute Gasteiger partial charge is 0.191 e. The van der Waals surface area contributed by atoms with Crippen LogP contribution in [0.2, 0.25) is 0 Å². The highest BCUT2D eigenvalue weighted by Gasteiger charge is 2.09. The van der Waals surface area contributed by atoms with E-state index in [2.05, 4.69) is 51.7 Å². The van der Waals surface area contributed by atoms with Crippen LogP contribution < -0.4 is 10.6 Å². The van der Waals surface area contributed by atoms with Gasteiger partial charge in [0.2, 0.25) is 0 Å². The first kappa shape index (κ1) is 19.7. The zero-order valence-electron chi connectivity index (χ0n) is 15.6. The van der Waals surface area contributed by atoms with Crippen LogP contribution in [0.25, 0.3) is 0 Å². The SMILES string of the molecule is CCNC(=NCc1cccc(COC)c1)NCCCN1CCOCC1. The summed E-state index contributed by atoms with van der Waals surface area (Å²) in [5.41, 5.74) is 2.37. The molecule has 0 atom stereocenters. The van der Waals surface area contributed by atoms with Gasteiger partial charge in [-0.2, -0.15) is 0 Å². The number of benzene rings is 1. The molecule has 0 bridgehead atoms. The minimum atomic E-state index is 0.636. The van der Waals surface area contributed by atoms with E-state index in [4.69, 9.17) is 9.47 Å². The number of hydrogen-bond acceptors (Lipinski definition) is 4. The lowest BCUT2D eigenvalue weighted by Crippen LogP contribution is -2.40. The van der Waals surface area contributed by atoms with E-state index in [0.717, 1.165) is 58.3 Å². The van der Waals surface area contributed by atoms with E-state index >= 15 is 0 Å². The Morgan fingerprint density at radius 1 is 1.24 bits per heavy atom. The fraction of sp³-hybridized carbons (Fsp3) is 0.632. The Labute approximate surface area is 151 Å². The Bertz CT molecular complexity index is 516. The largest absolute Gasteiger partial charge is 0.380 e. The maximum atomic E-state index is 5.38. The maximum absolute atomic E-state index is 5.38. The molecule has 1 fully saturated rings. The number of morpholine rings is 1. The van der Waals surface area contributed by atoms with Crippen molar-refractivity contribution in [2.24, 2.45) is 4.99 Å². The molecule has 1 aromatic carbocycles. The summed E-state index contributed by atoms with van der Waals surface area (Å²) in [7, 11) is 1.72. The van der Waals surface area contributed by atoms with Gasteiger partial charge in [-0.25, -0.2) is 4.99 Å². The van der Waals surface area contributed by atoms with Crippen LogP contribution in [0, 0.1) is 0 Å². The fourth-order valence-corrected chi connectivity index (χ4v) is 2.83. The fourth-order valence-electron chi connectivity index (χ4n) is 2.83. The predicted molar refractivity (Wildman–Crippen MR) is 102 cm³/mol. The average Bonchev–Trinajstić information content (AvgIpc) is 2.64. The Morgan fingerprint density at radius 2 is 2.04 bits per heavy atom. The molecule has 0 spiro atoms. The highest BCUT2D eigenvalue weighted by molar-refractivity contribution is 5.79. The molecule has 1 heterocycles. The van der Waals surface area contributed by atoms with Crippen LogP contribution in [-0.4, -0.2) is 63.9 Å². The lowest BCUT2D eigenvalue weighted by Gasteiger charge is -2.26. The predicted octanol–water partition coefficient (Wildman–Crippen LogP) is 1.61. The molecule has 0 saturated carbocycles. The summed E-state index contributed by atoms with van der Waals surface area (Å²) >= 11 is 0.